The summed E-state index contributed by atoms with van der Waals surface area (Å²) in [6, 6.07) is 0.625. The number of H-pyrrole nitrogens is 1. The van der Waals surface area contributed by atoms with Crippen molar-refractivity contribution < 1.29 is 4.68 Å². The van der Waals surface area contributed by atoms with E-state index in [9.17, 15) is 0 Å². The number of nitrogens with one attached hydrogen (secondary N) is 3. The molecule has 2 atom stereocenters. The molecule has 0 radical (unpaired) electrons. The van der Waals surface area contributed by atoms with E-state index in [0.29, 0.717) is 12.0 Å². The van der Waals surface area contributed by atoms with Crippen molar-refractivity contribution in [1.82, 2.24) is 15.7 Å². The highest BCUT2D eigenvalue weighted by Crippen LogP contribution is 2.18. The van der Waals surface area contributed by atoms with Crippen molar-refractivity contribution in [3.8, 4) is 0 Å². The van der Waals surface area contributed by atoms with Gasteiger partial charge in [0.1, 0.15) is 5.84 Å². The molecule has 0 fully saturated rings. The van der Waals surface area contributed by atoms with Crippen LogP contribution in [0.4, 0.5) is 0 Å². The zero-order valence-electron chi connectivity index (χ0n) is 14.2. The van der Waals surface area contributed by atoms with Crippen LogP contribution in [0.5, 0.6) is 0 Å². The fraction of sp³-hybridized carbons (Fsp3) is 0.765. The van der Waals surface area contributed by atoms with Crippen LogP contribution in [0.25, 0.3) is 0 Å². The molecular formula is C17H30N5+. The van der Waals surface area contributed by atoms with Gasteiger partial charge in [0.05, 0.1) is 18.2 Å². The quantitative estimate of drug-likeness (QED) is 0.688. The Bertz CT molecular complexity index is 531. The monoisotopic (exact) mass is 304 g/mol. The third kappa shape index (κ3) is 3.69. The van der Waals surface area contributed by atoms with Crippen LogP contribution in [0, 0.1) is 11.8 Å². The van der Waals surface area contributed by atoms with Crippen molar-refractivity contribution in [2.45, 2.75) is 52.6 Å². The molecule has 0 bridgehead atoms. The van der Waals surface area contributed by atoms with Crippen LogP contribution in [-0.2, 0) is 19.4 Å². The number of aliphatic imine (C=N–C) groups is 1. The molecule has 1 aromatic rings. The molecule has 1 aromatic heterocycles. The van der Waals surface area contributed by atoms with E-state index < -0.39 is 0 Å². The minimum Gasteiger partial charge on any atom is -0.372 e. The normalized spacial score (nSPS) is 22.4. The van der Waals surface area contributed by atoms with Gasteiger partial charge in [-0.05, 0) is 32.2 Å². The van der Waals surface area contributed by atoms with Gasteiger partial charge in [0.25, 0.3) is 0 Å². The van der Waals surface area contributed by atoms with Crippen LogP contribution >= 0.6 is 0 Å². The van der Waals surface area contributed by atoms with E-state index in [4.69, 9.17) is 0 Å². The van der Waals surface area contributed by atoms with Gasteiger partial charge in [-0.3, -0.25) is 4.99 Å². The number of hydrogen-bond acceptors (Lipinski definition) is 3. The predicted octanol–water partition coefficient (Wildman–Crippen LogP) is 1.04. The third-order valence-electron chi connectivity index (χ3n) is 4.64. The lowest BCUT2D eigenvalue weighted by molar-refractivity contribution is -0.753. The summed E-state index contributed by atoms with van der Waals surface area (Å²) < 4.78 is 2.25. The molecule has 5 heteroatoms. The molecule has 0 saturated heterocycles. The minimum atomic E-state index is 0.447. The summed E-state index contributed by atoms with van der Waals surface area (Å²) in [5.74, 6) is 2.33. The highest BCUT2D eigenvalue weighted by Gasteiger charge is 2.26. The van der Waals surface area contributed by atoms with Gasteiger partial charge in [-0.25, -0.2) is 0 Å². The van der Waals surface area contributed by atoms with E-state index in [1.807, 2.05) is 0 Å². The highest BCUT2D eigenvalue weighted by molar-refractivity contribution is 5.85. The molecule has 2 unspecified atom stereocenters. The van der Waals surface area contributed by atoms with Crippen molar-refractivity contribution in [1.29, 1.82) is 0 Å². The number of hydrogen-bond donors (Lipinski definition) is 3. The average Bonchev–Trinajstić information content (AvgIpc) is 3.13. The molecule has 122 valence electrons. The average molecular weight is 304 g/mol. The predicted molar refractivity (Wildman–Crippen MR) is 89.1 cm³/mol. The smallest absolute Gasteiger partial charge is 0.198 e. The fourth-order valence-corrected chi connectivity index (χ4v) is 3.42. The maximum absolute atomic E-state index is 4.53. The van der Waals surface area contributed by atoms with Crippen molar-refractivity contribution >= 4 is 5.84 Å². The van der Waals surface area contributed by atoms with Crippen LogP contribution in [0.2, 0.25) is 0 Å². The van der Waals surface area contributed by atoms with E-state index in [1.54, 1.807) is 0 Å². The van der Waals surface area contributed by atoms with Crippen LogP contribution < -0.4 is 15.3 Å². The van der Waals surface area contributed by atoms with Crippen molar-refractivity contribution in [2.24, 2.45) is 16.8 Å². The zero-order valence-corrected chi connectivity index (χ0v) is 14.2. The Morgan fingerprint density at radius 1 is 1.41 bits per heavy atom. The molecule has 0 saturated carbocycles. The van der Waals surface area contributed by atoms with E-state index >= 15 is 0 Å². The summed E-state index contributed by atoms with van der Waals surface area (Å²) in [5.41, 5.74) is 2.91. The van der Waals surface area contributed by atoms with Crippen LogP contribution in [0.1, 0.15) is 38.4 Å². The van der Waals surface area contributed by atoms with E-state index in [-0.39, 0.29) is 0 Å². The van der Waals surface area contributed by atoms with E-state index in [2.05, 4.69) is 52.4 Å². The Labute approximate surface area is 133 Å². The largest absolute Gasteiger partial charge is 0.372 e. The molecule has 2 aliphatic rings. The Hall–Kier alpha value is -1.36. The fourth-order valence-electron chi connectivity index (χ4n) is 3.42. The number of aryl methyl sites for hydroxylation is 1. The lowest BCUT2D eigenvalue weighted by atomic mass is 9.93. The molecule has 2 heterocycles. The number of aromatic nitrogens is 2. The first-order valence-corrected chi connectivity index (χ1v) is 8.73. The first kappa shape index (κ1) is 15.5. The van der Waals surface area contributed by atoms with Crippen LogP contribution in [0.3, 0.4) is 0 Å². The second kappa shape index (κ2) is 6.82. The Balaban J connectivity index is 1.58. The number of amidine groups is 1. The number of aromatic amines is 1. The number of rotatable bonds is 6. The van der Waals surface area contributed by atoms with Crippen LogP contribution in [-0.4, -0.2) is 36.6 Å². The molecule has 3 rings (SSSR count). The first-order chi connectivity index (χ1) is 10.6. The van der Waals surface area contributed by atoms with E-state index in [0.717, 1.165) is 44.4 Å². The summed E-state index contributed by atoms with van der Waals surface area (Å²) in [7, 11) is 0. The van der Waals surface area contributed by atoms with Gasteiger partial charge in [0.15, 0.2) is 12.7 Å². The maximum atomic E-state index is 4.53. The molecule has 0 aromatic carbocycles. The van der Waals surface area contributed by atoms with Gasteiger partial charge in [-0.1, -0.05) is 13.8 Å². The molecule has 1 aliphatic heterocycles. The Kier molecular flexibility index (Phi) is 4.81. The highest BCUT2D eigenvalue weighted by atomic mass is 15.3. The number of fused-ring (bicyclic) bond motifs is 1. The Morgan fingerprint density at radius 3 is 3.00 bits per heavy atom. The summed E-state index contributed by atoms with van der Waals surface area (Å²) >= 11 is 0. The van der Waals surface area contributed by atoms with Gasteiger partial charge in [0.2, 0.25) is 0 Å². The van der Waals surface area contributed by atoms with Gasteiger partial charge < -0.3 is 10.6 Å². The van der Waals surface area contributed by atoms with Crippen molar-refractivity contribution in [3.05, 3.63) is 17.5 Å². The van der Waals surface area contributed by atoms with Gasteiger partial charge in [-0.15, -0.1) is 4.68 Å². The third-order valence-corrected chi connectivity index (χ3v) is 4.64. The summed E-state index contributed by atoms with van der Waals surface area (Å²) in [4.78, 5) is 4.53. The Morgan fingerprint density at radius 2 is 2.27 bits per heavy atom. The maximum Gasteiger partial charge on any atom is 0.198 e. The summed E-state index contributed by atoms with van der Waals surface area (Å²) in [6.45, 7) is 10.8. The van der Waals surface area contributed by atoms with Gasteiger partial charge in [0, 0.05) is 24.6 Å². The van der Waals surface area contributed by atoms with Crippen molar-refractivity contribution in [2.75, 3.05) is 19.6 Å². The number of nitrogens with zero attached hydrogens (tertiary/aromatic N) is 2. The molecular weight excluding hydrogens is 274 g/mol. The standard InChI is InChI=1S/C17H29N5/c1-12(2)9-20-15-5-4-14-11-22(21-16(14)8-15)10-13(3)17-18-6-7-19-17/h11-13,15,20H,4-10H2,1-3H3,(H,18,19)/p+1. The molecule has 3 N–H and O–H groups in total. The second-order valence-electron chi connectivity index (χ2n) is 7.23. The molecule has 0 amide bonds. The summed E-state index contributed by atoms with van der Waals surface area (Å²) in [6.07, 6.45) is 5.87. The van der Waals surface area contributed by atoms with Crippen molar-refractivity contribution in [3.63, 3.8) is 0 Å². The lowest BCUT2D eigenvalue weighted by Gasteiger charge is -2.22. The SMILES string of the molecule is CC(C)CNC1CCc2c[n+](CC(C)C3=NCCN3)[nH]c2C1. The molecule has 0 spiro atoms. The van der Waals surface area contributed by atoms with Gasteiger partial charge >= 0.3 is 0 Å². The second-order valence-corrected chi connectivity index (χ2v) is 7.23. The minimum absolute atomic E-state index is 0.447. The van der Waals surface area contributed by atoms with E-state index in [1.165, 1.54) is 24.1 Å². The lowest BCUT2D eigenvalue weighted by Crippen LogP contribution is -2.42. The molecule has 1 aliphatic carbocycles. The summed E-state index contributed by atoms with van der Waals surface area (Å²) in [5, 5.41) is 10.7. The molecule has 5 nitrogen and oxygen atoms in total. The first-order valence-electron chi connectivity index (χ1n) is 8.73. The van der Waals surface area contributed by atoms with Crippen LogP contribution in [0.15, 0.2) is 11.2 Å². The molecule has 22 heavy (non-hydrogen) atoms. The topological polar surface area (TPSA) is 56.1 Å². The van der Waals surface area contributed by atoms with Gasteiger partial charge in [-0.2, -0.15) is 5.10 Å². The zero-order chi connectivity index (χ0) is 15.5.